The molecule has 2 aromatic rings. The van der Waals surface area contributed by atoms with Crippen molar-refractivity contribution in [1.82, 2.24) is 0 Å². The van der Waals surface area contributed by atoms with E-state index in [0.717, 1.165) is 24.3 Å². The van der Waals surface area contributed by atoms with Gasteiger partial charge in [0.25, 0.3) is 5.91 Å². The lowest BCUT2D eigenvalue weighted by molar-refractivity contribution is -0.118. The highest BCUT2D eigenvalue weighted by Crippen LogP contribution is 2.42. The largest absolute Gasteiger partial charge is 0.503 e. The van der Waals surface area contributed by atoms with E-state index in [9.17, 15) is 14.7 Å². The van der Waals surface area contributed by atoms with E-state index in [1.54, 1.807) is 19.2 Å². The number of amides is 1. The number of nitrogens with zero attached hydrogens (tertiary/aromatic N) is 2. The number of ether oxygens (including phenoxy) is 1. The van der Waals surface area contributed by atoms with Crippen molar-refractivity contribution in [1.29, 1.82) is 0 Å². The standard InChI is InChI=1S/C26H32N2O4/c1-6-27(7-2)19-10-12-20(13-11-19)28-24(18-8-14-21(32-5)15-9-18)23(25(30)26(28)31)22(29)16-17(3)4/h8-15,17,24,30H,6-7,16H2,1-5H3. The number of anilines is 2. The number of rotatable bonds is 9. The molecule has 0 bridgehead atoms. The molecule has 1 unspecified atom stereocenters. The number of ketones is 1. The Hall–Kier alpha value is -3.28. The van der Waals surface area contributed by atoms with Crippen molar-refractivity contribution >= 4 is 23.1 Å². The van der Waals surface area contributed by atoms with Gasteiger partial charge in [-0.3, -0.25) is 14.5 Å². The lowest BCUT2D eigenvalue weighted by Crippen LogP contribution is -2.31. The summed E-state index contributed by atoms with van der Waals surface area (Å²) in [6, 6.07) is 14.2. The SMILES string of the molecule is CCN(CC)c1ccc(N2C(=O)C(O)=C(C(=O)CC(C)C)C2c2ccc(OC)cc2)cc1. The van der Waals surface area contributed by atoms with Crippen molar-refractivity contribution in [3.63, 3.8) is 0 Å². The van der Waals surface area contributed by atoms with Crippen LogP contribution in [-0.2, 0) is 9.59 Å². The van der Waals surface area contributed by atoms with Crippen LogP contribution in [0.2, 0.25) is 0 Å². The summed E-state index contributed by atoms with van der Waals surface area (Å²) in [6.07, 6.45) is 0.258. The fourth-order valence-electron chi connectivity index (χ4n) is 4.15. The van der Waals surface area contributed by atoms with Crippen LogP contribution in [0.5, 0.6) is 5.75 Å². The maximum absolute atomic E-state index is 13.2. The predicted octanol–water partition coefficient (Wildman–Crippen LogP) is 5.06. The Balaban J connectivity index is 2.07. The maximum Gasteiger partial charge on any atom is 0.294 e. The molecule has 3 rings (SSSR count). The summed E-state index contributed by atoms with van der Waals surface area (Å²) in [7, 11) is 1.58. The van der Waals surface area contributed by atoms with Gasteiger partial charge in [0.15, 0.2) is 11.5 Å². The first kappa shape index (κ1) is 23.4. The smallest absolute Gasteiger partial charge is 0.294 e. The minimum Gasteiger partial charge on any atom is -0.503 e. The molecule has 2 aromatic carbocycles. The highest BCUT2D eigenvalue weighted by atomic mass is 16.5. The van der Waals surface area contributed by atoms with E-state index >= 15 is 0 Å². The molecule has 1 aliphatic heterocycles. The molecule has 0 aromatic heterocycles. The minimum absolute atomic E-state index is 0.108. The number of aliphatic hydroxyl groups is 1. The third-order valence-corrected chi connectivity index (χ3v) is 5.79. The van der Waals surface area contributed by atoms with Gasteiger partial charge in [-0.2, -0.15) is 0 Å². The Labute approximate surface area is 190 Å². The average Bonchev–Trinajstić information content (AvgIpc) is 3.05. The van der Waals surface area contributed by atoms with Gasteiger partial charge in [-0.25, -0.2) is 0 Å². The van der Waals surface area contributed by atoms with Gasteiger partial charge in [0.05, 0.1) is 18.7 Å². The zero-order valence-electron chi connectivity index (χ0n) is 19.5. The van der Waals surface area contributed by atoms with E-state index in [-0.39, 0.29) is 23.7 Å². The van der Waals surface area contributed by atoms with E-state index in [2.05, 4.69) is 18.7 Å². The van der Waals surface area contributed by atoms with E-state index in [1.165, 1.54) is 4.90 Å². The molecule has 0 spiro atoms. The van der Waals surface area contributed by atoms with Crippen LogP contribution in [0, 0.1) is 5.92 Å². The van der Waals surface area contributed by atoms with Gasteiger partial charge >= 0.3 is 0 Å². The van der Waals surface area contributed by atoms with Crippen LogP contribution >= 0.6 is 0 Å². The van der Waals surface area contributed by atoms with Crippen LogP contribution in [0.25, 0.3) is 0 Å². The Morgan fingerprint density at radius 1 is 1.06 bits per heavy atom. The Bertz CT molecular complexity index is 989. The normalized spacial score (nSPS) is 16.1. The van der Waals surface area contributed by atoms with Gasteiger partial charge < -0.3 is 14.7 Å². The Morgan fingerprint density at radius 3 is 2.16 bits per heavy atom. The van der Waals surface area contributed by atoms with Crippen LogP contribution in [0.1, 0.15) is 45.7 Å². The monoisotopic (exact) mass is 436 g/mol. The van der Waals surface area contributed by atoms with E-state index in [4.69, 9.17) is 4.74 Å². The molecule has 170 valence electrons. The number of methoxy groups -OCH3 is 1. The second kappa shape index (κ2) is 9.90. The highest BCUT2D eigenvalue weighted by molar-refractivity contribution is 6.16. The van der Waals surface area contributed by atoms with Crippen LogP contribution in [-0.4, -0.2) is 37.0 Å². The van der Waals surface area contributed by atoms with E-state index < -0.39 is 17.7 Å². The summed E-state index contributed by atoms with van der Waals surface area (Å²) in [6.45, 7) is 9.83. The van der Waals surface area contributed by atoms with Crippen molar-refractivity contribution in [2.45, 2.75) is 40.2 Å². The first-order valence-corrected chi connectivity index (χ1v) is 11.1. The summed E-state index contributed by atoms with van der Waals surface area (Å²) in [5.74, 6) is -0.458. The summed E-state index contributed by atoms with van der Waals surface area (Å²) >= 11 is 0. The molecule has 1 heterocycles. The zero-order chi connectivity index (χ0) is 23.4. The van der Waals surface area contributed by atoms with Gasteiger partial charge in [0.2, 0.25) is 0 Å². The summed E-state index contributed by atoms with van der Waals surface area (Å²) in [4.78, 5) is 30.0. The number of carbonyl (C=O) groups excluding carboxylic acids is 2. The van der Waals surface area contributed by atoms with Crippen molar-refractivity contribution in [2.75, 3.05) is 30.0 Å². The van der Waals surface area contributed by atoms with Crippen molar-refractivity contribution in [2.24, 2.45) is 5.92 Å². The minimum atomic E-state index is -0.695. The molecule has 0 radical (unpaired) electrons. The molecule has 0 fully saturated rings. The number of hydrogen-bond donors (Lipinski definition) is 1. The van der Waals surface area contributed by atoms with Crippen molar-refractivity contribution < 1.29 is 19.4 Å². The number of Topliss-reactive ketones (excluding diaryl/α,β-unsaturated/α-hetero) is 1. The second-order valence-corrected chi connectivity index (χ2v) is 8.32. The number of hydrogen-bond acceptors (Lipinski definition) is 5. The average molecular weight is 437 g/mol. The molecule has 1 aliphatic rings. The van der Waals surface area contributed by atoms with Gasteiger partial charge in [0, 0.05) is 30.9 Å². The summed E-state index contributed by atoms with van der Waals surface area (Å²) in [5, 5.41) is 10.8. The molecular weight excluding hydrogens is 404 g/mol. The maximum atomic E-state index is 13.2. The Morgan fingerprint density at radius 2 is 1.66 bits per heavy atom. The third-order valence-electron chi connectivity index (χ3n) is 5.79. The molecular formula is C26H32N2O4. The molecule has 1 amide bonds. The third kappa shape index (κ3) is 4.49. The lowest BCUT2D eigenvalue weighted by atomic mass is 9.92. The van der Waals surface area contributed by atoms with Crippen molar-refractivity contribution in [3.8, 4) is 5.75 Å². The predicted molar refractivity (Wildman–Crippen MR) is 127 cm³/mol. The molecule has 1 N–H and O–H groups in total. The topological polar surface area (TPSA) is 70.1 Å². The van der Waals surface area contributed by atoms with Crippen LogP contribution in [0.4, 0.5) is 11.4 Å². The van der Waals surface area contributed by atoms with Gasteiger partial charge in [-0.15, -0.1) is 0 Å². The second-order valence-electron chi connectivity index (χ2n) is 8.32. The van der Waals surface area contributed by atoms with E-state index in [1.807, 2.05) is 50.2 Å². The van der Waals surface area contributed by atoms with Crippen LogP contribution < -0.4 is 14.5 Å². The fraction of sp³-hybridized carbons (Fsp3) is 0.385. The van der Waals surface area contributed by atoms with Gasteiger partial charge in [0.1, 0.15) is 5.75 Å². The Kier molecular flexibility index (Phi) is 7.23. The lowest BCUT2D eigenvalue weighted by Gasteiger charge is -2.28. The first-order chi connectivity index (χ1) is 15.3. The molecule has 32 heavy (non-hydrogen) atoms. The quantitative estimate of drug-likeness (QED) is 0.595. The summed E-state index contributed by atoms with van der Waals surface area (Å²) < 4.78 is 5.26. The number of benzene rings is 2. The fourth-order valence-corrected chi connectivity index (χ4v) is 4.15. The zero-order valence-corrected chi connectivity index (χ0v) is 19.5. The number of aliphatic hydroxyl groups excluding tert-OH is 1. The number of carbonyl (C=O) groups is 2. The molecule has 0 aliphatic carbocycles. The summed E-state index contributed by atoms with van der Waals surface area (Å²) in [5.41, 5.74) is 2.58. The van der Waals surface area contributed by atoms with Crippen LogP contribution in [0.15, 0.2) is 59.9 Å². The van der Waals surface area contributed by atoms with Crippen LogP contribution in [0.3, 0.4) is 0 Å². The molecule has 6 nitrogen and oxygen atoms in total. The van der Waals surface area contributed by atoms with E-state index in [0.29, 0.717) is 11.4 Å². The molecule has 0 saturated heterocycles. The molecule has 0 saturated carbocycles. The molecule has 6 heteroatoms. The highest BCUT2D eigenvalue weighted by Gasteiger charge is 2.44. The van der Waals surface area contributed by atoms with Crippen molar-refractivity contribution in [3.05, 3.63) is 65.4 Å². The molecule has 1 atom stereocenters. The van der Waals surface area contributed by atoms with Gasteiger partial charge in [-0.1, -0.05) is 26.0 Å². The first-order valence-electron chi connectivity index (χ1n) is 11.1. The van der Waals surface area contributed by atoms with Gasteiger partial charge in [-0.05, 0) is 61.7 Å².